The third-order valence-corrected chi connectivity index (χ3v) is 3.96. The Hall–Kier alpha value is -2.82. The van der Waals surface area contributed by atoms with Crippen LogP contribution >= 0.6 is 0 Å². The first-order valence-electron chi connectivity index (χ1n) is 8.04. The molecule has 0 aliphatic rings. The van der Waals surface area contributed by atoms with Gasteiger partial charge in [-0.1, -0.05) is 0 Å². The number of benzene rings is 1. The minimum Gasteiger partial charge on any atom is -0.494 e. The summed E-state index contributed by atoms with van der Waals surface area (Å²) in [6.45, 7) is 5.27. The van der Waals surface area contributed by atoms with Gasteiger partial charge in [-0.3, -0.25) is 4.79 Å². The molecule has 0 saturated heterocycles. The Morgan fingerprint density at radius 3 is 2.62 bits per heavy atom. The summed E-state index contributed by atoms with van der Waals surface area (Å²) >= 11 is 0. The highest BCUT2D eigenvalue weighted by atomic mass is 16.5. The zero-order chi connectivity index (χ0) is 16.9. The van der Waals surface area contributed by atoms with Crippen molar-refractivity contribution in [2.45, 2.75) is 26.8 Å². The monoisotopic (exact) mass is 323 g/mol. The van der Waals surface area contributed by atoms with Crippen LogP contribution in [0.5, 0.6) is 5.75 Å². The highest BCUT2D eigenvalue weighted by Crippen LogP contribution is 2.16. The first-order chi connectivity index (χ1) is 11.6. The Kier molecular flexibility index (Phi) is 4.79. The first-order valence-corrected chi connectivity index (χ1v) is 8.04. The Balaban J connectivity index is 1.52. The van der Waals surface area contributed by atoms with Gasteiger partial charge < -0.3 is 9.30 Å². The molecule has 0 aliphatic carbocycles. The standard InChI is InChI=1S/C19H21N3O2/c1-15-5-3-10-21(15)11-4-12-24-19-8-6-18(7-9-19)22-14-17(13-20-22)16(2)23/h3,5-10,13-14H,4,11-12H2,1-2H3. The maximum Gasteiger partial charge on any atom is 0.162 e. The van der Waals surface area contributed by atoms with Crippen molar-refractivity contribution in [3.05, 3.63) is 66.2 Å². The summed E-state index contributed by atoms with van der Waals surface area (Å²) in [5.74, 6) is 0.848. The Bertz CT molecular complexity index is 815. The maximum atomic E-state index is 11.3. The molecule has 124 valence electrons. The van der Waals surface area contributed by atoms with Crippen LogP contribution in [0.1, 0.15) is 29.4 Å². The van der Waals surface area contributed by atoms with Crippen molar-refractivity contribution in [3.63, 3.8) is 0 Å². The van der Waals surface area contributed by atoms with Crippen molar-refractivity contribution in [2.24, 2.45) is 0 Å². The van der Waals surface area contributed by atoms with Gasteiger partial charge in [0.1, 0.15) is 5.75 Å². The second-order valence-corrected chi connectivity index (χ2v) is 5.77. The predicted octanol–water partition coefficient (Wildman–Crippen LogP) is 3.65. The van der Waals surface area contributed by atoms with E-state index in [9.17, 15) is 4.79 Å². The minimum atomic E-state index is 0.0131. The van der Waals surface area contributed by atoms with Crippen molar-refractivity contribution in [2.75, 3.05) is 6.61 Å². The number of carbonyl (C=O) groups excluding carboxylic acids is 1. The van der Waals surface area contributed by atoms with E-state index in [2.05, 4.69) is 34.9 Å². The van der Waals surface area contributed by atoms with E-state index >= 15 is 0 Å². The minimum absolute atomic E-state index is 0.0131. The molecular weight excluding hydrogens is 302 g/mol. The van der Waals surface area contributed by atoms with E-state index in [1.807, 2.05) is 24.3 Å². The third-order valence-electron chi connectivity index (χ3n) is 3.96. The molecule has 0 N–H and O–H groups in total. The van der Waals surface area contributed by atoms with Gasteiger partial charge >= 0.3 is 0 Å². The number of hydrogen-bond acceptors (Lipinski definition) is 3. The number of hydrogen-bond donors (Lipinski definition) is 0. The summed E-state index contributed by atoms with van der Waals surface area (Å²) in [6.07, 6.45) is 6.36. The zero-order valence-electron chi connectivity index (χ0n) is 14.0. The summed E-state index contributed by atoms with van der Waals surface area (Å²) in [5.41, 5.74) is 2.77. The Morgan fingerprint density at radius 1 is 1.21 bits per heavy atom. The van der Waals surface area contributed by atoms with E-state index in [1.165, 1.54) is 12.6 Å². The zero-order valence-corrected chi connectivity index (χ0v) is 14.0. The molecule has 0 unspecified atom stereocenters. The summed E-state index contributed by atoms with van der Waals surface area (Å²) in [7, 11) is 0. The van der Waals surface area contributed by atoms with Crippen LogP contribution in [0.2, 0.25) is 0 Å². The summed E-state index contributed by atoms with van der Waals surface area (Å²) in [4.78, 5) is 11.3. The molecule has 3 rings (SSSR count). The summed E-state index contributed by atoms with van der Waals surface area (Å²) in [6, 6.07) is 11.9. The SMILES string of the molecule is CC(=O)c1cnn(-c2ccc(OCCCn3cccc3C)cc2)c1. The van der Waals surface area contributed by atoms with Gasteiger partial charge in [-0.05, 0) is 56.7 Å². The van der Waals surface area contributed by atoms with Crippen LogP contribution in [0.25, 0.3) is 5.69 Å². The van der Waals surface area contributed by atoms with E-state index in [4.69, 9.17) is 4.74 Å². The van der Waals surface area contributed by atoms with Gasteiger partial charge in [0.05, 0.1) is 24.1 Å². The van der Waals surface area contributed by atoms with Gasteiger partial charge in [0.2, 0.25) is 0 Å². The third kappa shape index (κ3) is 3.74. The largest absolute Gasteiger partial charge is 0.494 e. The quantitative estimate of drug-likeness (QED) is 0.492. The van der Waals surface area contributed by atoms with E-state index in [0.717, 1.165) is 24.4 Å². The smallest absolute Gasteiger partial charge is 0.162 e. The number of ether oxygens (including phenoxy) is 1. The lowest BCUT2D eigenvalue weighted by atomic mass is 10.2. The summed E-state index contributed by atoms with van der Waals surface area (Å²) in [5, 5.41) is 4.20. The molecule has 24 heavy (non-hydrogen) atoms. The van der Waals surface area contributed by atoms with Gasteiger partial charge in [0, 0.05) is 24.6 Å². The Labute approximate surface area is 141 Å². The van der Waals surface area contributed by atoms with Crippen LogP contribution < -0.4 is 4.74 Å². The lowest BCUT2D eigenvalue weighted by molar-refractivity contribution is 0.101. The topological polar surface area (TPSA) is 49.1 Å². The molecule has 0 amide bonds. The fraction of sp³-hybridized carbons (Fsp3) is 0.263. The van der Waals surface area contributed by atoms with E-state index in [1.54, 1.807) is 17.1 Å². The molecule has 3 aromatic rings. The first kappa shape index (κ1) is 16.1. The number of aromatic nitrogens is 3. The highest BCUT2D eigenvalue weighted by molar-refractivity contribution is 5.93. The van der Waals surface area contributed by atoms with E-state index in [0.29, 0.717) is 12.2 Å². The molecular formula is C19H21N3O2. The van der Waals surface area contributed by atoms with Gasteiger partial charge in [-0.2, -0.15) is 5.10 Å². The normalized spacial score (nSPS) is 10.8. The number of carbonyl (C=O) groups is 1. The van der Waals surface area contributed by atoms with Crippen molar-refractivity contribution in [3.8, 4) is 11.4 Å². The second-order valence-electron chi connectivity index (χ2n) is 5.77. The molecule has 0 aliphatic heterocycles. The molecule has 5 heteroatoms. The number of Topliss-reactive ketones (excluding diaryl/α,β-unsaturated/α-hetero) is 1. The van der Waals surface area contributed by atoms with Gasteiger partial charge in [-0.25, -0.2) is 4.68 Å². The molecule has 0 fully saturated rings. The molecule has 2 aromatic heterocycles. The van der Waals surface area contributed by atoms with Crippen molar-refractivity contribution < 1.29 is 9.53 Å². The molecule has 0 atom stereocenters. The Morgan fingerprint density at radius 2 is 2.00 bits per heavy atom. The molecule has 5 nitrogen and oxygen atoms in total. The van der Waals surface area contributed by atoms with Gasteiger partial charge in [0.25, 0.3) is 0 Å². The second kappa shape index (κ2) is 7.17. The average molecular weight is 323 g/mol. The fourth-order valence-corrected chi connectivity index (χ4v) is 2.52. The van der Waals surface area contributed by atoms with Crippen LogP contribution in [0.15, 0.2) is 55.0 Å². The number of ketones is 1. The van der Waals surface area contributed by atoms with Crippen molar-refractivity contribution in [1.82, 2.24) is 14.3 Å². The van der Waals surface area contributed by atoms with E-state index in [-0.39, 0.29) is 5.78 Å². The van der Waals surface area contributed by atoms with Crippen LogP contribution in [-0.2, 0) is 6.54 Å². The highest BCUT2D eigenvalue weighted by Gasteiger charge is 2.05. The summed E-state index contributed by atoms with van der Waals surface area (Å²) < 4.78 is 9.69. The lowest BCUT2D eigenvalue weighted by Crippen LogP contribution is -2.05. The molecule has 0 spiro atoms. The van der Waals surface area contributed by atoms with Gasteiger partial charge in [-0.15, -0.1) is 0 Å². The van der Waals surface area contributed by atoms with Crippen LogP contribution in [-0.4, -0.2) is 26.7 Å². The van der Waals surface area contributed by atoms with E-state index < -0.39 is 0 Å². The molecule has 2 heterocycles. The molecule has 0 radical (unpaired) electrons. The van der Waals surface area contributed by atoms with Crippen molar-refractivity contribution >= 4 is 5.78 Å². The predicted molar refractivity (Wildman–Crippen MR) is 92.8 cm³/mol. The number of nitrogens with zero attached hydrogens (tertiary/aromatic N) is 3. The molecule has 0 saturated carbocycles. The van der Waals surface area contributed by atoms with Crippen LogP contribution in [0, 0.1) is 6.92 Å². The van der Waals surface area contributed by atoms with Crippen molar-refractivity contribution in [1.29, 1.82) is 0 Å². The average Bonchev–Trinajstić information content (AvgIpc) is 3.22. The fourth-order valence-electron chi connectivity index (χ4n) is 2.52. The maximum absolute atomic E-state index is 11.3. The lowest BCUT2D eigenvalue weighted by Gasteiger charge is -2.09. The molecule has 0 bridgehead atoms. The van der Waals surface area contributed by atoms with Gasteiger partial charge in [0.15, 0.2) is 5.78 Å². The van der Waals surface area contributed by atoms with Crippen LogP contribution in [0.3, 0.4) is 0 Å². The van der Waals surface area contributed by atoms with Crippen LogP contribution in [0.4, 0.5) is 0 Å². The number of aryl methyl sites for hydroxylation is 2. The molecule has 1 aromatic carbocycles. The number of rotatable bonds is 7.